The number of rotatable bonds is 5. The largest absolute Gasteiger partial charge is 0.384 e. The van der Waals surface area contributed by atoms with Gasteiger partial charge in [0.2, 0.25) is 5.95 Å². The fourth-order valence-electron chi connectivity index (χ4n) is 1.49. The number of methoxy groups -OCH3 is 1. The lowest BCUT2D eigenvalue weighted by Gasteiger charge is -2.07. The molecule has 0 atom stereocenters. The third-order valence-corrected chi connectivity index (χ3v) is 3.27. The van der Waals surface area contributed by atoms with Gasteiger partial charge in [-0.1, -0.05) is 18.2 Å². The van der Waals surface area contributed by atoms with Crippen LogP contribution in [0.4, 0.5) is 5.95 Å². The van der Waals surface area contributed by atoms with E-state index in [1.807, 2.05) is 31.3 Å². The minimum absolute atomic E-state index is 0.656. The van der Waals surface area contributed by atoms with Crippen LogP contribution >= 0.6 is 11.8 Å². The number of nitrogens with zero attached hydrogens (tertiary/aromatic N) is 2. The first-order valence-electron chi connectivity index (χ1n) is 5.41. The summed E-state index contributed by atoms with van der Waals surface area (Å²) in [6, 6.07) is 8.03. The molecule has 2 rings (SSSR count). The van der Waals surface area contributed by atoms with Crippen molar-refractivity contribution in [3.63, 3.8) is 0 Å². The lowest BCUT2D eigenvalue weighted by molar-refractivity contribution is 0.218. The molecule has 90 valence electrons. The summed E-state index contributed by atoms with van der Waals surface area (Å²) in [6.07, 6.45) is 0. The number of hydrogen-bond donors (Lipinski definition) is 1. The molecule has 0 radical (unpaired) electrons. The van der Waals surface area contributed by atoms with Crippen molar-refractivity contribution >= 4 is 28.6 Å². The van der Waals surface area contributed by atoms with Gasteiger partial charge in [0.1, 0.15) is 5.03 Å². The van der Waals surface area contributed by atoms with E-state index in [0.717, 1.165) is 28.3 Å². The quantitative estimate of drug-likeness (QED) is 0.501. The first-order valence-corrected chi connectivity index (χ1v) is 6.40. The Morgan fingerprint density at radius 2 is 2.12 bits per heavy atom. The van der Waals surface area contributed by atoms with Gasteiger partial charge in [-0.2, -0.15) is 0 Å². The Morgan fingerprint density at radius 1 is 1.29 bits per heavy atom. The van der Waals surface area contributed by atoms with Crippen LogP contribution in [0.1, 0.15) is 0 Å². The van der Waals surface area contributed by atoms with Crippen molar-refractivity contribution < 1.29 is 4.74 Å². The zero-order valence-corrected chi connectivity index (χ0v) is 10.8. The third-order valence-electron chi connectivity index (χ3n) is 2.32. The molecule has 1 heterocycles. The zero-order valence-electron chi connectivity index (χ0n) is 9.93. The highest BCUT2D eigenvalue weighted by atomic mass is 32.2. The van der Waals surface area contributed by atoms with E-state index in [0.29, 0.717) is 5.95 Å². The van der Waals surface area contributed by atoms with E-state index in [1.54, 1.807) is 18.9 Å². The summed E-state index contributed by atoms with van der Waals surface area (Å²) in [5, 5.41) is 5.07. The molecule has 5 heteroatoms. The Labute approximate surface area is 105 Å². The maximum atomic E-state index is 5.05. The average molecular weight is 249 g/mol. The average Bonchev–Trinajstić information content (AvgIpc) is 2.38. The van der Waals surface area contributed by atoms with Crippen LogP contribution in [0.5, 0.6) is 0 Å². The van der Waals surface area contributed by atoms with Crippen LogP contribution in [0.25, 0.3) is 10.9 Å². The molecule has 0 saturated heterocycles. The minimum Gasteiger partial charge on any atom is -0.384 e. The molecule has 4 nitrogen and oxygen atoms in total. The molecule has 0 aliphatic heterocycles. The number of anilines is 1. The van der Waals surface area contributed by atoms with Gasteiger partial charge in [0, 0.05) is 25.3 Å². The molecule has 0 spiro atoms. The fraction of sp³-hybridized carbons (Fsp3) is 0.333. The molecule has 2 aromatic rings. The van der Waals surface area contributed by atoms with E-state index in [-0.39, 0.29) is 0 Å². The Bertz CT molecular complexity index is 504. The van der Waals surface area contributed by atoms with Crippen LogP contribution in [-0.4, -0.2) is 36.5 Å². The molecule has 0 aliphatic rings. The first-order chi connectivity index (χ1) is 8.35. The predicted molar refractivity (Wildman–Crippen MR) is 71.7 cm³/mol. The van der Waals surface area contributed by atoms with Crippen molar-refractivity contribution in [2.45, 2.75) is 5.03 Å². The molecule has 1 N–H and O–H groups in total. The van der Waals surface area contributed by atoms with Gasteiger partial charge in [-0.3, -0.25) is 0 Å². The first kappa shape index (κ1) is 12.1. The van der Waals surface area contributed by atoms with E-state index < -0.39 is 0 Å². The number of thioether (sulfide) groups is 1. The monoisotopic (exact) mass is 249 g/mol. The van der Waals surface area contributed by atoms with Gasteiger partial charge in [-0.05, 0) is 6.07 Å². The van der Waals surface area contributed by atoms with E-state index in [1.165, 1.54) is 0 Å². The Morgan fingerprint density at radius 3 is 2.88 bits per heavy atom. The maximum Gasteiger partial charge on any atom is 0.224 e. The van der Waals surface area contributed by atoms with Crippen molar-refractivity contribution in [3.05, 3.63) is 24.3 Å². The van der Waals surface area contributed by atoms with Crippen LogP contribution in [0.15, 0.2) is 29.3 Å². The van der Waals surface area contributed by atoms with Crippen LogP contribution < -0.4 is 5.32 Å². The van der Waals surface area contributed by atoms with Gasteiger partial charge < -0.3 is 10.1 Å². The molecule has 0 amide bonds. The number of fused-ring (bicyclic) bond motifs is 1. The van der Waals surface area contributed by atoms with Gasteiger partial charge in [0.15, 0.2) is 0 Å². The molecule has 17 heavy (non-hydrogen) atoms. The van der Waals surface area contributed by atoms with Gasteiger partial charge in [0.05, 0.1) is 12.1 Å². The predicted octanol–water partition coefficient (Wildman–Crippen LogP) is 2.41. The van der Waals surface area contributed by atoms with Crippen LogP contribution in [0.3, 0.4) is 0 Å². The van der Waals surface area contributed by atoms with Crippen LogP contribution in [-0.2, 0) is 4.74 Å². The third kappa shape index (κ3) is 2.87. The van der Waals surface area contributed by atoms with Crippen molar-refractivity contribution in [1.29, 1.82) is 0 Å². The summed E-state index contributed by atoms with van der Waals surface area (Å²) in [6.45, 7) is 0.720. The van der Waals surface area contributed by atoms with E-state index >= 15 is 0 Å². The Kier molecular flexibility index (Phi) is 4.17. The van der Waals surface area contributed by atoms with Crippen LogP contribution in [0, 0.1) is 0 Å². The number of hydrogen-bond acceptors (Lipinski definition) is 5. The normalized spacial score (nSPS) is 10.7. The Balaban J connectivity index is 2.36. The standard InChI is InChI=1S/C12H15N3OS/c1-13-12-14-10-6-4-3-5-9(10)11(15-12)17-8-7-16-2/h3-6H,7-8H2,1-2H3,(H,13,14,15). The number of ether oxygens (including phenoxy) is 1. The molecule has 0 unspecified atom stereocenters. The lowest BCUT2D eigenvalue weighted by Crippen LogP contribution is -1.99. The van der Waals surface area contributed by atoms with Crippen molar-refractivity contribution in [3.8, 4) is 0 Å². The van der Waals surface area contributed by atoms with E-state index in [4.69, 9.17) is 4.74 Å². The number of para-hydroxylation sites is 1. The van der Waals surface area contributed by atoms with E-state index in [9.17, 15) is 0 Å². The van der Waals surface area contributed by atoms with Gasteiger partial charge in [-0.25, -0.2) is 9.97 Å². The van der Waals surface area contributed by atoms with Crippen molar-refractivity contribution in [1.82, 2.24) is 9.97 Å². The van der Waals surface area contributed by atoms with Gasteiger partial charge in [0.25, 0.3) is 0 Å². The summed E-state index contributed by atoms with van der Waals surface area (Å²) in [5.41, 5.74) is 0.965. The lowest BCUT2D eigenvalue weighted by atomic mass is 10.2. The second kappa shape index (κ2) is 5.84. The van der Waals surface area contributed by atoms with E-state index in [2.05, 4.69) is 15.3 Å². The second-order valence-electron chi connectivity index (χ2n) is 3.46. The molecule has 1 aromatic carbocycles. The van der Waals surface area contributed by atoms with Crippen molar-refractivity contribution in [2.24, 2.45) is 0 Å². The highest BCUT2D eigenvalue weighted by Gasteiger charge is 2.06. The fourth-order valence-corrected chi connectivity index (χ4v) is 2.41. The van der Waals surface area contributed by atoms with Gasteiger partial charge >= 0.3 is 0 Å². The van der Waals surface area contributed by atoms with Crippen molar-refractivity contribution in [2.75, 3.05) is 31.8 Å². The summed E-state index contributed by atoms with van der Waals surface area (Å²) in [7, 11) is 3.53. The summed E-state index contributed by atoms with van der Waals surface area (Å²) < 4.78 is 5.05. The smallest absolute Gasteiger partial charge is 0.224 e. The molecular weight excluding hydrogens is 234 g/mol. The second-order valence-corrected chi connectivity index (χ2v) is 4.54. The number of nitrogens with one attached hydrogen (secondary N) is 1. The Hall–Kier alpha value is -1.33. The summed E-state index contributed by atoms with van der Waals surface area (Å²) >= 11 is 1.69. The molecular formula is C12H15N3OS. The van der Waals surface area contributed by atoms with Crippen LogP contribution in [0.2, 0.25) is 0 Å². The molecule has 0 saturated carbocycles. The topological polar surface area (TPSA) is 47.0 Å². The number of aromatic nitrogens is 2. The molecule has 0 aliphatic carbocycles. The molecule has 0 bridgehead atoms. The summed E-state index contributed by atoms with van der Waals surface area (Å²) in [4.78, 5) is 8.89. The number of benzene rings is 1. The minimum atomic E-state index is 0.656. The van der Waals surface area contributed by atoms with Gasteiger partial charge in [-0.15, -0.1) is 11.8 Å². The maximum absolute atomic E-state index is 5.05. The SMILES string of the molecule is CNc1nc(SCCOC)c2ccccc2n1. The highest BCUT2D eigenvalue weighted by Crippen LogP contribution is 2.26. The summed E-state index contributed by atoms with van der Waals surface area (Å²) in [5.74, 6) is 1.55. The molecule has 1 aromatic heterocycles. The molecule has 0 fully saturated rings. The zero-order chi connectivity index (χ0) is 12.1. The highest BCUT2D eigenvalue weighted by molar-refractivity contribution is 7.99.